The number of rotatable bonds is 4. The number of carbonyl (C=O) groups excluding carboxylic acids is 3. The summed E-state index contributed by atoms with van der Waals surface area (Å²) >= 11 is 0. The Morgan fingerprint density at radius 2 is 1.68 bits per heavy atom. The molecule has 2 amide bonds. The van der Waals surface area contributed by atoms with Gasteiger partial charge in [0.15, 0.2) is 17.4 Å². The zero-order valence-corrected chi connectivity index (χ0v) is 15.4. The first kappa shape index (κ1) is 19.7. The van der Waals surface area contributed by atoms with Crippen LogP contribution in [0.2, 0.25) is 0 Å². The largest absolute Gasteiger partial charge is 0.339 e. The monoisotopic (exact) mass is 386 g/mol. The van der Waals surface area contributed by atoms with Gasteiger partial charge >= 0.3 is 0 Å². The van der Waals surface area contributed by atoms with E-state index in [0.29, 0.717) is 37.2 Å². The predicted molar refractivity (Wildman–Crippen MR) is 100 cm³/mol. The number of nitrogens with zero attached hydrogens (tertiary/aromatic N) is 1. The minimum atomic E-state index is -1.06. The molecule has 0 aliphatic carbocycles. The molecule has 1 heterocycles. The minimum absolute atomic E-state index is 0.0832. The van der Waals surface area contributed by atoms with Crippen LogP contribution in [0.5, 0.6) is 0 Å². The van der Waals surface area contributed by atoms with Crippen LogP contribution in [0.3, 0.4) is 0 Å². The Bertz CT molecular complexity index is 922. The van der Waals surface area contributed by atoms with Gasteiger partial charge in [0.1, 0.15) is 0 Å². The molecule has 0 unspecified atom stereocenters. The summed E-state index contributed by atoms with van der Waals surface area (Å²) in [4.78, 5) is 37.9. The number of hydrogen-bond acceptors (Lipinski definition) is 3. The van der Waals surface area contributed by atoms with Crippen LogP contribution in [-0.4, -0.2) is 35.6 Å². The standard InChI is InChI=1S/C21H20F2N2O3/c1-13(26)15-3-2-4-17(11-15)24-20(27)14-7-9-25(10-8-14)21(28)16-5-6-18(22)19(23)12-16/h2-6,11-12,14H,7-10H2,1H3,(H,24,27). The summed E-state index contributed by atoms with van der Waals surface area (Å²) in [6.45, 7) is 2.16. The van der Waals surface area contributed by atoms with Crippen molar-refractivity contribution in [2.24, 2.45) is 5.92 Å². The molecule has 146 valence electrons. The molecule has 7 heteroatoms. The Labute approximate surface area is 161 Å². The molecule has 1 N–H and O–H groups in total. The summed E-state index contributed by atoms with van der Waals surface area (Å²) in [5.41, 5.74) is 1.16. The van der Waals surface area contributed by atoms with Crippen molar-refractivity contribution >= 4 is 23.3 Å². The second kappa shape index (κ2) is 8.29. The fourth-order valence-electron chi connectivity index (χ4n) is 3.22. The van der Waals surface area contributed by atoms with E-state index in [0.717, 1.165) is 12.1 Å². The zero-order chi connectivity index (χ0) is 20.3. The molecule has 0 spiro atoms. The maximum absolute atomic E-state index is 13.3. The van der Waals surface area contributed by atoms with Crippen molar-refractivity contribution in [1.29, 1.82) is 0 Å². The summed E-state index contributed by atoms with van der Waals surface area (Å²) in [6.07, 6.45) is 0.932. The van der Waals surface area contributed by atoms with E-state index in [1.807, 2.05) is 0 Å². The Balaban J connectivity index is 1.58. The fraction of sp³-hybridized carbons (Fsp3) is 0.286. The van der Waals surface area contributed by atoms with Crippen molar-refractivity contribution in [1.82, 2.24) is 4.90 Å². The van der Waals surface area contributed by atoms with Gasteiger partial charge in [0, 0.05) is 35.8 Å². The van der Waals surface area contributed by atoms with E-state index >= 15 is 0 Å². The minimum Gasteiger partial charge on any atom is -0.339 e. The quantitative estimate of drug-likeness (QED) is 0.816. The fourth-order valence-corrected chi connectivity index (χ4v) is 3.22. The molecule has 0 atom stereocenters. The molecule has 3 rings (SSSR count). The first-order chi connectivity index (χ1) is 13.3. The van der Waals surface area contributed by atoms with Gasteiger partial charge in [-0.1, -0.05) is 12.1 Å². The second-order valence-corrected chi connectivity index (χ2v) is 6.82. The molecule has 1 aliphatic heterocycles. The van der Waals surface area contributed by atoms with Crippen LogP contribution in [0.1, 0.15) is 40.5 Å². The number of hydrogen-bond donors (Lipinski definition) is 1. The van der Waals surface area contributed by atoms with E-state index in [4.69, 9.17) is 0 Å². The number of amides is 2. The van der Waals surface area contributed by atoms with Gasteiger partial charge in [0.05, 0.1) is 0 Å². The SMILES string of the molecule is CC(=O)c1cccc(NC(=O)C2CCN(C(=O)c3ccc(F)c(F)c3)CC2)c1. The van der Waals surface area contributed by atoms with Crippen molar-refractivity contribution < 1.29 is 23.2 Å². The number of Topliss-reactive ketones (excluding diaryl/α,β-unsaturated/α-hetero) is 1. The number of halogens is 2. The molecule has 0 radical (unpaired) electrons. The summed E-state index contributed by atoms with van der Waals surface area (Å²) < 4.78 is 26.4. The molecule has 28 heavy (non-hydrogen) atoms. The number of carbonyl (C=O) groups is 3. The number of nitrogens with one attached hydrogen (secondary N) is 1. The molecule has 2 aromatic rings. The average Bonchev–Trinajstić information content (AvgIpc) is 2.70. The first-order valence-corrected chi connectivity index (χ1v) is 9.01. The van der Waals surface area contributed by atoms with Gasteiger partial charge in [-0.2, -0.15) is 0 Å². The molecule has 1 saturated heterocycles. The van der Waals surface area contributed by atoms with Crippen molar-refractivity contribution in [3.05, 3.63) is 65.2 Å². The average molecular weight is 386 g/mol. The Morgan fingerprint density at radius 3 is 2.32 bits per heavy atom. The number of anilines is 1. The molecule has 5 nitrogen and oxygen atoms in total. The van der Waals surface area contributed by atoms with E-state index in [9.17, 15) is 23.2 Å². The van der Waals surface area contributed by atoms with Crippen molar-refractivity contribution in [2.45, 2.75) is 19.8 Å². The van der Waals surface area contributed by atoms with E-state index < -0.39 is 11.6 Å². The summed E-state index contributed by atoms with van der Waals surface area (Å²) in [5.74, 6) is -2.96. The lowest BCUT2D eigenvalue weighted by atomic mass is 9.95. The highest BCUT2D eigenvalue weighted by Gasteiger charge is 2.28. The molecule has 1 fully saturated rings. The van der Waals surface area contributed by atoms with Gasteiger partial charge in [-0.3, -0.25) is 14.4 Å². The topological polar surface area (TPSA) is 66.5 Å². The van der Waals surface area contributed by atoms with E-state index in [1.54, 1.807) is 24.3 Å². The first-order valence-electron chi connectivity index (χ1n) is 9.01. The Morgan fingerprint density at radius 1 is 0.964 bits per heavy atom. The molecule has 0 saturated carbocycles. The lowest BCUT2D eigenvalue weighted by Crippen LogP contribution is -2.41. The van der Waals surface area contributed by atoms with Crippen molar-refractivity contribution in [2.75, 3.05) is 18.4 Å². The molecular formula is C21H20F2N2O3. The Kier molecular flexibility index (Phi) is 5.82. The number of ketones is 1. The molecule has 0 aromatic heterocycles. The van der Waals surface area contributed by atoms with Gasteiger partial charge in [-0.15, -0.1) is 0 Å². The lowest BCUT2D eigenvalue weighted by Gasteiger charge is -2.31. The van der Waals surface area contributed by atoms with Gasteiger partial charge in [-0.25, -0.2) is 8.78 Å². The summed E-state index contributed by atoms with van der Waals surface area (Å²) in [5, 5.41) is 2.81. The lowest BCUT2D eigenvalue weighted by molar-refractivity contribution is -0.121. The summed E-state index contributed by atoms with van der Waals surface area (Å²) in [6, 6.07) is 9.79. The number of likely N-dealkylation sites (tertiary alicyclic amines) is 1. The van der Waals surface area contributed by atoms with Crippen LogP contribution in [0.25, 0.3) is 0 Å². The van der Waals surface area contributed by atoms with Crippen molar-refractivity contribution in [3.63, 3.8) is 0 Å². The zero-order valence-electron chi connectivity index (χ0n) is 15.4. The van der Waals surface area contributed by atoms with Crippen LogP contribution in [-0.2, 0) is 4.79 Å². The van der Waals surface area contributed by atoms with Crippen LogP contribution >= 0.6 is 0 Å². The van der Waals surface area contributed by atoms with Crippen LogP contribution in [0.4, 0.5) is 14.5 Å². The van der Waals surface area contributed by atoms with E-state index in [1.165, 1.54) is 17.9 Å². The third-order valence-corrected chi connectivity index (χ3v) is 4.86. The van der Waals surface area contributed by atoms with Crippen LogP contribution in [0, 0.1) is 17.6 Å². The Hall–Kier alpha value is -3.09. The maximum atomic E-state index is 13.3. The third kappa shape index (κ3) is 4.42. The normalized spacial score (nSPS) is 14.6. The molecule has 2 aromatic carbocycles. The molecule has 0 bridgehead atoms. The molecule has 1 aliphatic rings. The van der Waals surface area contributed by atoms with E-state index in [2.05, 4.69) is 5.32 Å². The van der Waals surface area contributed by atoms with Gasteiger partial charge in [0.2, 0.25) is 5.91 Å². The highest BCUT2D eigenvalue weighted by atomic mass is 19.2. The number of benzene rings is 2. The van der Waals surface area contributed by atoms with Gasteiger partial charge in [0.25, 0.3) is 5.91 Å². The summed E-state index contributed by atoms with van der Waals surface area (Å²) in [7, 11) is 0. The molecular weight excluding hydrogens is 366 g/mol. The van der Waals surface area contributed by atoms with E-state index in [-0.39, 0.29) is 29.1 Å². The maximum Gasteiger partial charge on any atom is 0.253 e. The van der Waals surface area contributed by atoms with Crippen molar-refractivity contribution in [3.8, 4) is 0 Å². The van der Waals surface area contributed by atoms with Gasteiger partial charge < -0.3 is 10.2 Å². The second-order valence-electron chi connectivity index (χ2n) is 6.82. The highest BCUT2D eigenvalue weighted by Crippen LogP contribution is 2.22. The highest BCUT2D eigenvalue weighted by molar-refractivity contribution is 5.98. The van der Waals surface area contributed by atoms with Crippen LogP contribution in [0.15, 0.2) is 42.5 Å². The smallest absolute Gasteiger partial charge is 0.253 e. The number of piperidine rings is 1. The van der Waals surface area contributed by atoms with Gasteiger partial charge in [-0.05, 0) is 50.1 Å². The third-order valence-electron chi connectivity index (χ3n) is 4.86. The predicted octanol–water partition coefficient (Wildman–Crippen LogP) is 3.66. The van der Waals surface area contributed by atoms with Crippen LogP contribution < -0.4 is 5.32 Å².